The largest absolute Gasteiger partial charge is 0.482 e. The monoisotopic (exact) mass is 293 g/mol. The fourth-order valence-electron chi connectivity index (χ4n) is 1.70. The zero-order valence-electron chi connectivity index (χ0n) is 11.4. The van der Waals surface area contributed by atoms with Crippen molar-refractivity contribution in [3.8, 4) is 5.75 Å². The van der Waals surface area contributed by atoms with E-state index in [1.807, 2.05) is 25.1 Å². The summed E-state index contributed by atoms with van der Waals surface area (Å²) >= 11 is 6.01. The second-order valence-corrected chi connectivity index (χ2v) is 4.96. The summed E-state index contributed by atoms with van der Waals surface area (Å²) in [6.07, 6.45) is 1.58. The molecule has 1 aromatic heterocycles. The van der Waals surface area contributed by atoms with E-state index in [2.05, 4.69) is 0 Å². The molecule has 0 spiro atoms. The van der Waals surface area contributed by atoms with Gasteiger partial charge in [0.25, 0.3) is 5.91 Å². The van der Waals surface area contributed by atoms with Crippen molar-refractivity contribution in [2.45, 2.75) is 13.5 Å². The van der Waals surface area contributed by atoms with Crippen molar-refractivity contribution in [3.63, 3.8) is 0 Å². The number of hydrogen-bond acceptors (Lipinski definition) is 3. The van der Waals surface area contributed by atoms with Gasteiger partial charge in [0.05, 0.1) is 17.8 Å². The standard InChI is InChI=1S/C15H16ClNO3/c1-11-5-6-13(16)14(8-11)20-10-15(18)17(2)9-12-4-3-7-19-12/h3-8H,9-10H2,1-2H3. The minimum absolute atomic E-state index is 0.0552. The van der Waals surface area contributed by atoms with Crippen LogP contribution in [0.2, 0.25) is 5.02 Å². The molecular weight excluding hydrogens is 278 g/mol. The number of rotatable bonds is 5. The molecule has 0 aliphatic carbocycles. The highest BCUT2D eigenvalue weighted by atomic mass is 35.5. The van der Waals surface area contributed by atoms with Crippen LogP contribution in [0.4, 0.5) is 0 Å². The molecule has 4 nitrogen and oxygen atoms in total. The van der Waals surface area contributed by atoms with Crippen molar-refractivity contribution in [2.24, 2.45) is 0 Å². The van der Waals surface area contributed by atoms with Gasteiger partial charge in [-0.15, -0.1) is 0 Å². The predicted octanol–water partition coefficient (Wildman–Crippen LogP) is 3.28. The number of benzene rings is 1. The number of aryl methyl sites for hydroxylation is 1. The van der Waals surface area contributed by atoms with Crippen LogP contribution in [0.1, 0.15) is 11.3 Å². The SMILES string of the molecule is Cc1ccc(Cl)c(OCC(=O)N(C)Cc2ccco2)c1. The van der Waals surface area contributed by atoms with Crippen molar-refractivity contribution < 1.29 is 13.9 Å². The lowest BCUT2D eigenvalue weighted by atomic mass is 10.2. The Morgan fingerprint density at radius 1 is 1.40 bits per heavy atom. The average molecular weight is 294 g/mol. The second kappa shape index (κ2) is 6.48. The van der Waals surface area contributed by atoms with Crippen molar-refractivity contribution >= 4 is 17.5 Å². The fraction of sp³-hybridized carbons (Fsp3) is 0.267. The van der Waals surface area contributed by atoms with Gasteiger partial charge in [-0.25, -0.2) is 0 Å². The molecule has 0 fully saturated rings. The Kier molecular flexibility index (Phi) is 4.69. The summed E-state index contributed by atoms with van der Waals surface area (Å²) in [6.45, 7) is 2.30. The van der Waals surface area contributed by atoms with Gasteiger partial charge >= 0.3 is 0 Å². The van der Waals surface area contributed by atoms with Crippen LogP contribution < -0.4 is 4.74 Å². The zero-order chi connectivity index (χ0) is 14.5. The van der Waals surface area contributed by atoms with Gasteiger partial charge in [0.1, 0.15) is 11.5 Å². The second-order valence-electron chi connectivity index (χ2n) is 4.55. The summed E-state index contributed by atoms with van der Waals surface area (Å²) in [4.78, 5) is 13.5. The van der Waals surface area contributed by atoms with Gasteiger partial charge in [-0.3, -0.25) is 4.79 Å². The highest BCUT2D eigenvalue weighted by Crippen LogP contribution is 2.25. The number of likely N-dealkylation sites (N-methyl/N-ethyl adjacent to an activating group) is 1. The lowest BCUT2D eigenvalue weighted by Crippen LogP contribution is -2.30. The number of carbonyl (C=O) groups excluding carboxylic acids is 1. The lowest BCUT2D eigenvalue weighted by molar-refractivity contribution is -0.132. The lowest BCUT2D eigenvalue weighted by Gasteiger charge is -2.16. The normalized spacial score (nSPS) is 10.3. The molecular formula is C15H16ClNO3. The van der Waals surface area contributed by atoms with Crippen LogP contribution in [0.15, 0.2) is 41.0 Å². The van der Waals surface area contributed by atoms with Gasteiger partial charge in [0.2, 0.25) is 0 Å². The number of carbonyl (C=O) groups is 1. The maximum Gasteiger partial charge on any atom is 0.260 e. The van der Waals surface area contributed by atoms with Gasteiger partial charge in [-0.1, -0.05) is 17.7 Å². The molecule has 0 saturated carbocycles. The van der Waals surface area contributed by atoms with E-state index >= 15 is 0 Å². The van der Waals surface area contributed by atoms with Crippen LogP contribution in [0.25, 0.3) is 0 Å². The first kappa shape index (κ1) is 14.5. The van der Waals surface area contributed by atoms with E-state index in [1.165, 1.54) is 0 Å². The van der Waals surface area contributed by atoms with Crippen molar-refractivity contribution in [3.05, 3.63) is 52.9 Å². The van der Waals surface area contributed by atoms with E-state index in [1.54, 1.807) is 30.3 Å². The molecule has 1 amide bonds. The summed E-state index contributed by atoms with van der Waals surface area (Å²) in [5.74, 6) is 1.11. The summed E-state index contributed by atoms with van der Waals surface area (Å²) < 4.78 is 10.7. The smallest absolute Gasteiger partial charge is 0.260 e. The van der Waals surface area contributed by atoms with Crippen LogP contribution in [0.3, 0.4) is 0 Å². The molecule has 1 heterocycles. The first-order valence-electron chi connectivity index (χ1n) is 6.21. The van der Waals surface area contributed by atoms with Crippen LogP contribution >= 0.6 is 11.6 Å². The zero-order valence-corrected chi connectivity index (χ0v) is 12.2. The van der Waals surface area contributed by atoms with Gasteiger partial charge in [0.15, 0.2) is 6.61 Å². The molecule has 0 atom stereocenters. The first-order valence-corrected chi connectivity index (χ1v) is 6.59. The molecule has 1 aromatic carbocycles. The van der Waals surface area contributed by atoms with Crippen molar-refractivity contribution in [1.82, 2.24) is 4.90 Å². The first-order chi connectivity index (χ1) is 9.56. The number of nitrogens with zero attached hydrogens (tertiary/aromatic N) is 1. The number of amides is 1. The minimum Gasteiger partial charge on any atom is -0.482 e. The molecule has 0 bridgehead atoms. The Bertz CT molecular complexity index is 581. The average Bonchev–Trinajstić information content (AvgIpc) is 2.92. The molecule has 5 heteroatoms. The molecule has 0 unspecified atom stereocenters. The minimum atomic E-state index is -0.140. The quantitative estimate of drug-likeness (QED) is 0.849. The maximum absolute atomic E-state index is 12.0. The topological polar surface area (TPSA) is 42.7 Å². The van der Waals surface area contributed by atoms with Crippen LogP contribution in [-0.4, -0.2) is 24.5 Å². The molecule has 0 aliphatic heterocycles. The van der Waals surface area contributed by atoms with Crippen molar-refractivity contribution in [2.75, 3.05) is 13.7 Å². The highest BCUT2D eigenvalue weighted by molar-refractivity contribution is 6.32. The predicted molar refractivity (Wildman–Crippen MR) is 76.9 cm³/mol. The molecule has 0 saturated heterocycles. The Hall–Kier alpha value is -1.94. The molecule has 106 valence electrons. The Labute approximate surface area is 122 Å². The number of ether oxygens (including phenoxy) is 1. The van der Waals surface area contributed by atoms with E-state index < -0.39 is 0 Å². The molecule has 20 heavy (non-hydrogen) atoms. The maximum atomic E-state index is 12.0. The van der Waals surface area contributed by atoms with Crippen LogP contribution in [0, 0.1) is 6.92 Å². The van der Waals surface area contributed by atoms with Gasteiger partial charge in [-0.2, -0.15) is 0 Å². The highest BCUT2D eigenvalue weighted by Gasteiger charge is 2.12. The summed E-state index contributed by atoms with van der Waals surface area (Å²) in [5, 5.41) is 0.497. The Balaban J connectivity index is 1.89. The van der Waals surface area contributed by atoms with Gasteiger partial charge in [-0.05, 0) is 36.8 Å². The molecule has 0 aliphatic rings. The molecule has 2 rings (SSSR count). The van der Waals surface area contributed by atoms with E-state index in [0.29, 0.717) is 17.3 Å². The summed E-state index contributed by atoms with van der Waals surface area (Å²) in [5.41, 5.74) is 1.03. The third kappa shape index (κ3) is 3.78. The fourth-order valence-corrected chi connectivity index (χ4v) is 1.87. The summed E-state index contributed by atoms with van der Waals surface area (Å²) in [7, 11) is 1.70. The van der Waals surface area contributed by atoms with Crippen LogP contribution in [-0.2, 0) is 11.3 Å². The number of hydrogen-bond donors (Lipinski definition) is 0. The number of furan rings is 1. The van der Waals surface area contributed by atoms with E-state index in [9.17, 15) is 4.79 Å². The van der Waals surface area contributed by atoms with Crippen LogP contribution in [0.5, 0.6) is 5.75 Å². The Morgan fingerprint density at radius 2 is 2.20 bits per heavy atom. The third-order valence-electron chi connectivity index (χ3n) is 2.84. The van der Waals surface area contributed by atoms with Crippen molar-refractivity contribution in [1.29, 1.82) is 0 Å². The molecule has 0 N–H and O–H groups in total. The molecule has 2 aromatic rings. The number of halogens is 1. The van der Waals surface area contributed by atoms with E-state index in [4.69, 9.17) is 20.8 Å². The van der Waals surface area contributed by atoms with Gasteiger partial charge < -0.3 is 14.1 Å². The molecule has 0 radical (unpaired) electrons. The van der Waals surface area contributed by atoms with E-state index in [0.717, 1.165) is 11.3 Å². The Morgan fingerprint density at radius 3 is 2.90 bits per heavy atom. The summed E-state index contributed by atoms with van der Waals surface area (Å²) in [6, 6.07) is 9.06. The third-order valence-corrected chi connectivity index (χ3v) is 3.15. The van der Waals surface area contributed by atoms with E-state index in [-0.39, 0.29) is 12.5 Å². The van der Waals surface area contributed by atoms with Gasteiger partial charge in [0, 0.05) is 7.05 Å².